The number of aromatic nitrogens is 4. The molecule has 0 aliphatic carbocycles. The lowest BCUT2D eigenvalue weighted by atomic mass is 10.1. The molecule has 0 radical (unpaired) electrons. The van der Waals surface area contributed by atoms with E-state index in [4.69, 9.17) is 22.1 Å². The van der Waals surface area contributed by atoms with Crippen LogP contribution in [-0.4, -0.2) is 93.5 Å². The minimum atomic E-state index is -5.61. The number of rotatable bonds is 11. The van der Waals surface area contributed by atoms with Crippen molar-refractivity contribution in [2.24, 2.45) is 0 Å². The monoisotopic (exact) mass is 582 g/mol. The lowest BCUT2D eigenvalue weighted by molar-refractivity contribution is -0.0503. The van der Waals surface area contributed by atoms with Gasteiger partial charge in [-0.2, -0.15) is 8.62 Å². The highest BCUT2D eigenvalue weighted by molar-refractivity contribution is 7.67. The van der Waals surface area contributed by atoms with E-state index < -0.39 is 54.5 Å². The van der Waals surface area contributed by atoms with E-state index in [2.05, 4.69) is 28.1 Å². The number of hydrogen-bond acceptors (Lipinski definition) is 13. The molecule has 7 atom stereocenters. The lowest BCUT2D eigenvalue weighted by Gasteiger charge is -2.24. The van der Waals surface area contributed by atoms with E-state index in [9.17, 15) is 38.6 Å². The number of aliphatic hydroxyl groups excluding tert-OH is 2. The summed E-state index contributed by atoms with van der Waals surface area (Å²) in [6, 6.07) is 0. The van der Waals surface area contributed by atoms with Crippen LogP contribution < -0.4 is 5.73 Å². The van der Waals surface area contributed by atoms with Crippen LogP contribution in [0.15, 0.2) is 12.7 Å². The Hall–Kier alpha value is -1.07. The van der Waals surface area contributed by atoms with Gasteiger partial charge in [0.15, 0.2) is 17.7 Å². The van der Waals surface area contributed by atoms with Crippen molar-refractivity contribution in [1.29, 1.82) is 0 Å². The van der Waals surface area contributed by atoms with E-state index in [1.807, 2.05) is 0 Å². The van der Waals surface area contributed by atoms with E-state index in [0.717, 1.165) is 13.4 Å². The summed E-state index contributed by atoms with van der Waals surface area (Å²) in [7, 11) is -14.9. The van der Waals surface area contributed by atoms with Gasteiger partial charge in [-0.3, -0.25) is 9.09 Å². The predicted octanol–water partition coefficient (Wildman–Crippen LogP) is -0.451. The number of hydrogen-bond donors (Lipinski definition) is 6. The molecule has 1 aliphatic heterocycles. The van der Waals surface area contributed by atoms with Gasteiger partial charge >= 0.3 is 23.4 Å². The minimum absolute atomic E-state index is 0.0527. The average Bonchev–Trinajstić information content (AvgIpc) is 3.27. The van der Waals surface area contributed by atoms with Crippen LogP contribution in [-0.2, 0) is 31.6 Å². The van der Waals surface area contributed by atoms with Crippen LogP contribution in [0.4, 0.5) is 5.82 Å². The first-order valence-electron chi connectivity index (χ1n) is 9.45. The standard InChI is InChI=1S/C13H22ClN6O12P3/c1-19(3-2-14)33(23,24)31-35(27,28)32-34(25,26)29-4-7-9(21)10(22)13(30-7)20-6-18-8-11(15)16-5-17-12(8)20/h5-7,9-10,13,21-22H,2-4H2,1H3,(H,23,24)(H,25,26)(H,27,28)(H2,15,16,17)/t7-,9-,10-,13-/m1/s1. The van der Waals surface area contributed by atoms with Gasteiger partial charge in [0.1, 0.15) is 30.2 Å². The van der Waals surface area contributed by atoms with E-state index in [-0.39, 0.29) is 29.4 Å². The Morgan fingerprint density at radius 3 is 2.49 bits per heavy atom. The Labute approximate surface area is 202 Å². The fourth-order valence-corrected chi connectivity index (χ4v) is 7.19. The highest BCUT2D eigenvalue weighted by Gasteiger charge is 2.47. The van der Waals surface area contributed by atoms with Crippen molar-refractivity contribution < 1.29 is 56.5 Å². The molecule has 18 nitrogen and oxygen atoms in total. The first kappa shape index (κ1) is 28.5. The third-order valence-corrected chi connectivity index (χ3v) is 9.69. The second-order valence-electron chi connectivity index (χ2n) is 7.09. The SMILES string of the molecule is CN(CCCl)P(=O)(O)OP(=O)(O)OP(=O)(O)OC[C@H]1O[C@@H](n2cnc3c(N)ncnc32)[C@H](O)[C@@H]1O. The maximum Gasteiger partial charge on any atom is 0.489 e. The maximum absolute atomic E-state index is 12.1. The van der Waals surface area contributed by atoms with Gasteiger partial charge in [-0.1, -0.05) is 0 Å². The molecule has 0 spiro atoms. The molecule has 2 aromatic rings. The van der Waals surface area contributed by atoms with Crippen molar-refractivity contribution in [3.05, 3.63) is 12.7 Å². The van der Waals surface area contributed by atoms with E-state index in [1.54, 1.807) is 0 Å². The highest BCUT2D eigenvalue weighted by Crippen LogP contribution is 2.68. The van der Waals surface area contributed by atoms with E-state index >= 15 is 0 Å². The molecule has 3 heterocycles. The molecule has 7 N–H and O–H groups in total. The number of alkyl halides is 1. The summed E-state index contributed by atoms with van der Waals surface area (Å²) in [6.07, 6.45) is -3.60. The summed E-state index contributed by atoms with van der Waals surface area (Å²) in [5.41, 5.74) is 6.07. The third-order valence-electron chi connectivity index (χ3n) is 4.66. The average molecular weight is 583 g/mol. The van der Waals surface area contributed by atoms with E-state index in [1.165, 1.54) is 10.9 Å². The molecule has 35 heavy (non-hydrogen) atoms. The van der Waals surface area contributed by atoms with Gasteiger partial charge in [0.05, 0.1) is 12.9 Å². The number of ether oxygens (including phenoxy) is 1. The molecule has 1 fully saturated rings. The smallest absolute Gasteiger partial charge is 0.387 e. The first-order valence-corrected chi connectivity index (χ1v) is 14.5. The molecule has 22 heteroatoms. The molecule has 2 aromatic heterocycles. The number of nitrogens with zero attached hydrogens (tertiary/aromatic N) is 5. The molecule has 198 valence electrons. The van der Waals surface area contributed by atoms with Crippen molar-refractivity contribution >= 4 is 52.0 Å². The summed E-state index contributed by atoms with van der Waals surface area (Å²) in [5.74, 6) is -0.0778. The fourth-order valence-electron chi connectivity index (χ4n) is 2.93. The van der Waals surface area contributed by atoms with Gasteiger partial charge in [-0.05, 0) is 7.05 Å². The number of halogens is 1. The summed E-state index contributed by atoms with van der Waals surface area (Å²) in [5, 5.41) is 20.6. The highest BCUT2D eigenvalue weighted by atomic mass is 35.5. The number of anilines is 1. The molecular formula is C13H22ClN6O12P3. The van der Waals surface area contributed by atoms with E-state index in [0.29, 0.717) is 4.67 Å². The normalized spacial score (nSPS) is 28.1. The van der Waals surface area contributed by atoms with Gasteiger partial charge in [0.2, 0.25) is 0 Å². The van der Waals surface area contributed by atoms with Gasteiger partial charge in [-0.15, -0.1) is 11.6 Å². The van der Waals surface area contributed by atoms with Crippen LogP contribution in [0.1, 0.15) is 6.23 Å². The summed E-state index contributed by atoms with van der Waals surface area (Å²) >= 11 is 5.42. The zero-order valence-corrected chi connectivity index (χ0v) is 21.2. The van der Waals surface area contributed by atoms with Crippen molar-refractivity contribution in [3.8, 4) is 0 Å². The number of fused-ring (bicyclic) bond motifs is 1. The van der Waals surface area contributed by atoms with Crippen molar-refractivity contribution in [1.82, 2.24) is 24.2 Å². The van der Waals surface area contributed by atoms with Gasteiger partial charge in [0.25, 0.3) is 0 Å². The fraction of sp³-hybridized carbons (Fsp3) is 0.615. The Bertz CT molecular complexity index is 1200. The Balaban J connectivity index is 1.65. The zero-order chi connectivity index (χ0) is 26.2. The van der Waals surface area contributed by atoms with Crippen LogP contribution >= 0.6 is 35.0 Å². The van der Waals surface area contributed by atoms with Crippen LogP contribution in [0, 0.1) is 0 Å². The molecule has 1 aliphatic rings. The van der Waals surface area contributed by atoms with Crippen LogP contribution in [0.5, 0.6) is 0 Å². The molecule has 3 unspecified atom stereocenters. The van der Waals surface area contributed by atoms with Crippen molar-refractivity contribution in [2.45, 2.75) is 24.5 Å². The molecule has 0 saturated carbocycles. The quantitative estimate of drug-likeness (QED) is 0.145. The molecule has 0 aromatic carbocycles. The Morgan fingerprint density at radius 1 is 1.14 bits per heavy atom. The number of phosphoric acid groups is 2. The summed E-state index contributed by atoms with van der Waals surface area (Å²) < 4.78 is 56.1. The minimum Gasteiger partial charge on any atom is -0.387 e. The number of imidazole rings is 1. The van der Waals surface area contributed by atoms with Crippen LogP contribution in [0.3, 0.4) is 0 Å². The number of nitrogens with two attached hydrogens (primary N) is 1. The van der Waals surface area contributed by atoms with Gasteiger partial charge in [0, 0.05) is 12.4 Å². The first-order chi connectivity index (χ1) is 16.2. The molecule has 3 rings (SSSR count). The zero-order valence-electron chi connectivity index (χ0n) is 17.7. The Morgan fingerprint density at radius 2 is 1.83 bits per heavy atom. The third kappa shape index (κ3) is 6.63. The largest absolute Gasteiger partial charge is 0.489 e. The topological polar surface area (TPSA) is 262 Å². The number of phosphoric ester groups is 1. The van der Waals surface area contributed by atoms with Crippen LogP contribution in [0.25, 0.3) is 11.2 Å². The maximum atomic E-state index is 12.1. The van der Waals surface area contributed by atoms with Crippen molar-refractivity contribution in [2.75, 3.05) is 31.8 Å². The lowest BCUT2D eigenvalue weighted by Crippen LogP contribution is -2.33. The van der Waals surface area contributed by atoms with Gasteiger partial charge in [-0.25, -0.2) is 33.3 Å². The molecule has 1 saturated heterocycles. The number of nitrogen functional groups attached to an aromatic ring is 1. The molecule has 0 amide bonds. The number of aliphatic hydroxyl groups is 2. The van der Waals surface area contributed by atoms with Gasteiger partial charge < -0.3 is 35.4 Å². The second kappa shape index (κ2) is 10.7. The summed E-state index contributed by atoms with van der Waals surface area (Å²) in [6.45, 7) is -1.15. The Kier molecular flexibility index (Phi) is 8.74. The molecular weight excluding hydrogens is 561 g/mol. The summed E-state index contributed by atoms with van der Waals surface area (Å²) in [4.78, 5) is 40.9. The predicted molar refractivity (Wildman–Crippen MR) is 117 cm³/mol. The second-order valence-corrected chi connectivity index (χ2v) is 12.6. The van der Waals surface area contributed by atoms with Crippen molar-refractivity contribution in [3.63, 3.8) is 0 Å². The molecule has 0 bridgehead atoms. The van der Waals surface area contributed by atoms with Crippen LogP contribution in [0.2, 0.25) is 0 Å².